The third kappa shape index (κ3) is 5.09. The SMILES string of the molecule is COC(=O)N1CCC[C@H](N[C@H](Cc2ccncc2)C(F)(F)F)C1. The minimum absolute atomic E-state index is 0.166. The summed E-state index contributed by atoms with van der Waals surface area (Å²) in [5, 5.41) is 2.66. The van der Waals surface area contributed by atoms with Gasteiger partial charge in [-0.05, 0) is 37.0 Å². The highest BCUT2D eigenvalue weighted by Gasteiger charge is 2.41. The van der Waals surface area contributed by atoms with Gasteiger partial charge < -0.3 is 15.0 Å². The molecule has 0 unspecified atom stereocenters. The second-order valence-corrected chi connectivity index (χ2v) is 5.58. The van der Waals surface area contributed by atoms with E-state index in [1.54, 1.807) is 12.1 Å². The van der Waals surface area contributed by atoms with Crippen LogP contribution in [-0.2, 0) is 11.2 Å². The average Bonchev–Trinajstić information content (AvgIpc) is 2.54. The number of pyridine rings is 1. The molecule has 23 heavy (non-hydrogen) atoms. The van der Waals surface area contributed by atoms with Crippen LogP contribution in [0.1, 0.15) is 18.4 Å². The smallest absolute Gasteiger partial charge is 0.409 e. The van der Waals surface area contributed by atoms with Crippen LogP contribution in [0.25, 0.3) is 0 Å². The summed E-state index contributed by atoms with van der Waals surface area (Å²) in [6.07, 6.45) is -0.847. The first-order valence-corrected chi connectivity index (χ1v) is 7.44. The molecular weight excluding hydrogens is 311 g/mol. The van der Waals surface area contributed by atoms with Gasteiger partial charge in [-0.3, -0.25) is 4.98 Å². The molecule has 128 valence electrons. The molecule has 0 bridgehead atoms. The van der Waals surface area contributed by atoms with E-state index in [1.807, 2.05) is 0 Å². The quantitative estimate of drug-likeness (QED) is 0.920. The van der Waals surface area contributed by atoms with Crippen LogP contribution in [0.15, 0.2) is 24.5 Å². The van der Waals surface area contributed by atoms with Gasteiger partial charge in [0.25, 0.3) is 0 Å². The topological polar surface area (TPSA) is 54.5 Å². The van der Waals surface area contributed by atoms with Gasteiger partial charge in [-0.15, -0.1) is 0 Å². The predicted molar refractivity (Wildman–Crippen MR) is 77.9 cm³/mol. The molecular formula is C15H20F3N3O2. The summed E-state index contributed by atoms with van der Waals surface area (Å²) in [4.78, 5) is 16.8. The molecule has 2 atom stereocenters. The largest absolute Gasteiger partial charge is 0.453 e. The summed E-state index contributed by atoms with van der Waals surface area (Å²) in [5.41, 5.74) is 0.565. The van der Waals surface area contributed by atoms with Crippen LogP contribution in [0.5, 0.6) is 0 Å². The lowest BCUT2D eigenvalue weighted by molar-refractivity contribution is -0.158. The lowest BCUT2D eigenvalue weighted by Gasteiger charge is -2.35. The summed E-state index contributed by atoms with van der Waals surface area (Å²) in [7, 11) is 1.27. The molecule has 1 saturated heterocycles. The number of likely N-dealkylation sites (tertiary alicyclic amines) is 1. The van der Waals surface area contributed by atoms with Crippen LogP contribution in [0.3, 0.4) is 0 Å². The number of nitrogens with one attached hydrogen (secondary N) is 1. The maximum Gasteiger partial charge on any atom is 0.409 e. The Balaban J connectivity index is 2.01. The normalized spacial score (nSPS) is 20.2. The molecule has 2 heterocycles. The number of hydrogen-bond donors (Lipinski definition) is 1. The number of methoxy groups -OCH3 is 1. The first kappa shape index (κ1) is 17.5. The zero-order chi connectivity index (χ0) is 16.9. The van der Waals surface area contributed by atoms with Crippen molar-refractivity contribution in [2.45, 2.75) is 37.5 Å². The molecule has 8 heteroatoms. The Morgan fingerprint density at radius 1 is 1.48 bits per heavy atom. The average molecular weight is 331 g/mol. The van der Waals surface area contributed by atoms with Gasteiger partial charge in [0.2, 0.25) is 0 Å². The van der Waals surface area contributed by atoms with E-state index in [0.717, 1.165) is 0 Å². The van der Waals surface area contributed by atoms with Crippen LogP contribution in [0.2, 0.25) is 0 Å². The van der Waals surface area contributed by atoms with Gasteiger partial charge in [0.05, 0.1) is 7.11 Å². The summed E-state index contributed by atoms with van der Waals surface area (Å²) >= 11 is 0. The van der Waals surface area contributed by atoms with Crippen LogP contribution in [0.4, 0.5) is 18.0 Å². The number of amides is 1. The standard InChI is InChI=1S/C15H20F3N3O2/c1-23-14(22)21-8-2-3-12(10-21)20-13(15(16,17)18)9-11-4-6-19-7-5-11/h4-7,12-13,20H,2-3,8-10H2,1H3/t12-,13+/m0/s1. The van der Waals surface area contributed by atoms with E-state index in [1.165, 1.54) is 24.4 Å². The molecule has 0 aromatic carbocycles. The highest BCUT2D eigenvalue weighted by Crippen LogP contribution is 2.25. The lowest BCUT2D eigenvalue weighted by Crippen LogP contribution is -2.55. The van der Waals surface area contributed by atoms with Gasteiger partial charge in [-0.2, -0.15) is 13.2 Å². The van der Waals surface area contributed by atoms with Crippen molar-refractivity contribution in [1.82, 2.24) is 15.2 Å². The van der Waals surface area contributed by atoms with Crippen molar-refractivity contribution in [1.29, 1.82) is 0 Å². The number of ether oxygens (including phenoxy) is 1. The van der Waals surface area contributed by atoms with Crippen molar-refractivity contribution in [2.24, 2.45) is 0 Å². The second-order valence-electron chi connectivity index (χ2n) is 5.58. The highest BCUT2D eigenvalue weighted by molar-refractivity contribution is 5.67. The second kappa shape index (κ2) is 7.63. The van der Waals surface area contributed by atoms with E-state index < -0.39 is 24.4 Å². The van der Waals surface area contributed by atoms with Gasteiger partial charge >= 0.3 is 12.3 Å². The molecule has 0 aliphatic carbocycles. The Morgan fingerprint density at radius 3 is 2.78 bits per heavy atom. The molecule has 1 aromatic heterocycles. The van der Waals surface area contributed by atoms with Gasteiger partial charge in [0.15, 0.2) is 0 Å². The number of piperidine rings is 1. The zero-order valence-corrected chi connectivity index (χ0v) is 12.8. The summed E-state index contributed by atoms with van der Waals surface area (Å²) in [5.74, 6) is 0. The monoisotopic (exact) mass is 331 g/mol. The Bertz CT molecular complexity index is 510. The molecule has 1 N–H and O–H groups in total. The van der Waals surface area contributed by atoms with Crippen LogP contribution in [-0.4, -0.2) is 54.4 Å². The Kier molecular flexibility index (Phi) is 5.81. The number of carbonyl (C=O) groups is 1. The number of hydrogen-bond acceptors (Lipinski definition) is 4. The Morgan fingerprint density at radius 2 is 2.17 bits per heavy atom. The minimum Gasteiger partial charge on any atom is -0.453 e. The van der Waals surface area contributed by atoms with E-state index in [2.05, 4.69) is 15.0 Å². The third-order valence-corrected chi connectivity index (χ3v) is 3.88. The van der Waals surface area contributed by atoms with Crippen LogP contribution >= 0.6 is 0 Å². The van der Waals surface area contributed by atoms with Crippen molar-refractivity contribution >= 4 is 6.09 Å². The number of rotatable bonds is 4. The first-order valence-electron chi connectivity index (χ1n) is 7.44. The zero-order valence-electron chi connectivity index (χ0n) is 12.8. The van der Waals surface area contributed by atoms with Gasteiger partial charge in [-0.1, -0.05) is 0 Å². The van der Waals surface area contributed by atoms with Gasteiger partial charge in [0.1, 0.15) is 6.04 Å². The molecule has 1 amide bonds. The van der Waals surface area contributed by atoms with Crippen LogP contribution in [0, 0.1) is 0 Å². The maximum absolute atomic E-state index is 13.3. The minimum atomic E-state index is -4.36. The van der Waals surface area contributed by atoms with Crippen molar-refractivity contribution in [3.63, 3.8) is 0 Å². The molecule has 5 nitrogen and oxygen atoms in total. The van der Waals surface area contributed by atoms with Crippen LogP contribution < -0.4 is 5.32 Å². The van der Waals surface area contributed by atoms with Crippen molar-refractivity contribution in [3.8, 4) is 0 Å². The van der Waals surface area contributed by atoms with Crippen molar-refractivity contribution in [3.05, 3.63) is 30.1 Å². The molecule has 1 aliphatic rings. The number of nitrogens with zero attached hydrogens (tertiary/aromatic N) is 2. The van der Waals surface area contributed by atoms with E-state index in [-0.39, 0.29) is 13.0 Å². The number of aromatic nitrogens is 1. The molecule has 0 spiro atoms. The predicted octanol–water partition coefficient (Wildman–Crippen LogP) is 2.38. The van der Waals surface area contributed by atoms with Gasteiger partial charge in [-0.25, -0.2) is 4.79 Å². The molecule has 1 aliphatic heterocycles. The highest BCUT2D eigenvalue weighted by atomic mass is 19.4. The summed E-state index contributed by atoms with van der Waals surface area (Å²) in [6, 6.07) is 1.08. The summed E-state index contributed by atoms with van der Waals surface area (Å²) < 4.78 is 44.5. The van der Waals surface area contributed by atoms with Crippen molar-refractivity contribution < 1.29 is 22.7 Å². The molecule has 0 saturated carbocycles. The van der Waals surface area contributed by atoms with Gasteiger partial charge in [0, 0.05) is 31.5 Å². The first-order chi connectivity index (χ1) is 10.9. The third-order valence-electron chi connectivity index (χ3n) is 3.88. The Hall–Kier alpha value is -1.83. The van der Waals surface area contributed by atoms with E-state index in [9.17, 15) is 18.0 Å². The summed E-state index contributed by atoms with van der Waals surface area (Å²) in [6.45, 7) is 0.724. The molecule has 1 aromatic rings. The fourth-order valence-electron chi connectivity index (χ4n) is 2.72. The van der Waals surface area contributed by atoms with E-state index in [0.29, 0.717) is 24.9 Å². The van der Waals surface area contributed by atoms with E-state index >= 15 is 0 Å². The number of alkyl halides is 3. The fourth-order valence-corrected chi connectivity index (χ4v) is 2.72. The fraction of sp³-hybridized carbons (Fsp3) is 0.600. The molecule has 0 radical (unpaired) electrons. The maximum atomic E-state index is 13.3. The number of halogens is 3. The van der Waals surface area contributed by atoms with Crippen molar-refractivity contribution in [2.75, 3.05) is 20.2 Å². The molecule has 1 fully saturated rings. The molecule has 2 rings (SSSR count). The number of carbonyl (C=O) groups excluding carboxylic acids is 1. The lowest BCUT2D eigenvalue weighted by atomic mass is 10.0. The van der Waals surface area contributed by atoms with E-state index in [4.69, 9.17) is 0 Å². The Labute approximate surface area is 132 Å².